The molecule has 0 aromatic heterocycles. The number of carbonyl (C=O) groups excluding carboxylic acids is 1. The third kappa shape index (κ3) is 2.07. The van der Waals surface area contributed by atoms with Gasteiger partial charge in [-0.05, 0) is 41.9 Å². The van der Waals surface area contributed by atoms with Crippen molar-refractivity contribution in [3.8, 4) is 0 Å². The van der Waals surface area contributed by atoms with Crippen molar-refractivity contribution in [1.29, 1.82) is 0 Å². The van der Waals surface area contributed by atoms with Gasteiger partial charge in [-0.2, -0.15) is 0 Å². The first kappa shape index (κ1) is 11.5. The molecule has 0 spiro atoms. The molecule has 1 aromatic carbocycles. The maximum atomic E-state index is 11.5. The maximum Gasteiger partial charge on any atom is 0.239 e. The van der Waals surface area contributed by atoms with E-state index in [9.17, 15) is 4.79 Å². The molecule has 0 radical (unpaired) electrons. The van der Waals surface area contributed by atoms with E-state index < -0.39 is 0 Å². The SMILES string of the molecule is CC1(C)CNC(=O)CN1c1ccccc1Br. The lowest BCUT2D eigenvalue weighted by atomic mass is 9.99. The lowest BCUT2D eigenvalue weighted by Crippen LogP contribution is -2.60. The third-order valence-electron chi connectivity index (χ3n) is 2.89. The predicted octanol–water partition coefficient (Wildman–Crippen LogP) is 2.16. The number of anilines is 1. The number of para-hydroxylation sites is 1. The fourth-order valence-corrected chi connectivity index (χ4v) is 2.40. The van der Waals surface area contributed by atoms with Crippen LogP contribution >= 0.6 is 15.9 Å². The van der Waals surface area contributed by atoms with Crippen LogP contribution in [0.2, 0.25) is 0 Å². The quantitative estimate of drug-likeness (QED) is 0.856. The van der Waals surface area contributed by atoms with E-state index in [2.05, 4.69) is 40.0 Å². The molecule has 2 rings (SSSR count). The molecule has 1 aliphatic rings. The molecule has 4 heteroatoms. The number of hydrogen-bond donors (Lipinski definition) is 1. The van der Waals surface area contributed by atoms with Crippen LogP contribution in [0.1, 0.15) is 13.8 Å². The van der Waals surface area contributed by atoms with E-state index >= 15 is 0 Å². The van der Waals surface area contributed by atoms with Crippen molar-refractivity contribution in [2.24, 2.45) is 0 Å². The lowest BCUT2D eigenvalue weighted by Gasteiger charge is -2.44. The molecule has 0 aliphatic carbocycles. The molecule has 0 atom stereocenters. The van der Waals surface area contributed by atoms with Gasteiger partial charge in [-0.1, -0.05) is 12.1 Å². The van der Waals surface area contributed by atoms with Crippen LogP contribution in [-0.4, -0.2) is 24.5 Å². The predicted molar refractivity (Wildman–Crippen MR) is 68.6 cm³/mol. The largest absolute Gasteiger partial charge is 0.354 e. The molecule has 0 saturated carbocycles. The summed E-state index contributed by atoms with van der Waals surface area (Å²) in [4.78, 5) is 13.6. The maximum absolute atomic E-state index is 11.5. The molecule has 86 valence electrons. The summed E-state index contributed by atoms with van der Waals surface area (Å²) in [7, 11) is 0. The van der Waals surface area contributed by atoms with Gasteiger partial charge in [0.25, 0.3) is 0 Å². The fourth-order valence-electron chi connectivity index (χ4n) is 1.91. The first-order valence-corrected chi connectivity index (χ1v) is 6.09. The molecule has 1 saturated heterocycles. The number of halogens is 1. The first-order chi connectivity index (χ1) is 7.50. The van der Waals surface area contributed by atoms with Crippen molar-refractivity contribution in [2.75, 3.05) is 18.0 Å². The van der Waals surface area contributed by atoms with Crippen molar-refractivity contribution in [3.05, 3.63) is 28.7 Å². The number of nitrogens with zero attached hydrogens (tertiary/aromatic N) is 1. The summed E-state index contributed by atoms with van der Waals surface area (Å²) in [6.07, 6.45) is 0. The van der Waals surface area contributed by atoms with Crippen LogP contribution in [0.15, 0.2) is 28.7 Å². The molecule has 1 fully saturated rings. The summed E-state index contributed by atoms with van der Waals surface area (Å²) in [5.41, 5.74) is 1.01. The Hall–Kier alpha value is -1.03. The Labute approximate surface area is 104 Å². The van der Waals surface area contributed by atoms with E-state index in [-0.39, 0.29) is 11.4 Å². The highest BCUT2D eigenvalue weighted by Crippen LogP contribution is 2.31. The summed E-state index contributed by atoms with van der Waals surface area (Å²) in [5, 5.41) is 2.90. The van der Waals surface area contributed by atoms with Crippen molar-refractivity contribution in [3.63, 3.8) is 0 Å². The second-order valence-electron chi connectivity index (χ2n) is 4.63. The first-order valence-electron chi connectivity index (χ1n) is 5.29. The van der Waals surface area contributed by atoms with Gasteiger partial charge in [0.05, 0.1) is 17.8 Å². The van der Waals surface area contributed by atoms with Gasteiger partial charge >= 0.3 is 0 Å². The molecule has 1 heterocycles. The fraction of sp³-hybridized carbons (Fsp3) is 0.417. The van der Waals surface area contributed by atoms with E-state index in [1.165, 1.54) is 0 Å². The van der Waals surface area contributed by atoms with E-state index in [0.717, 1.165) is 10.2 Å². The van der Waals surface area contributed by atoms with Crippen LogP contribution in [0.3, 0.4) is 0 Å². The Morgan fingerprint density at radius 3 is 2.75 bits per heavy atom. The van der Waals surface area contributed by atoms with Crippen LogP contribution in [0.4, 0.5) is 5.69 Å². The van der Waals surface area contributed by atoms with Gasteiger partial charge in [0.2, 0.25) is 5.91 Å². The third-order valence-corrected chi connectivity index (χ3v) is 3.56. The zero-order valence-electron chi connectivity index (χ0n) is 9.46. The Morgan fingerprint density at radius 2 is 2.06 bits per heavy atom. The Balaban J connectivity index is 2.38. The highest BCUT2D eigenvalue weighted by atomic mass is 79.9. The topological polar surface area (TPSA) is 32.3 Å². The van der Waals surface area contributed by atoms with Crippen molar-refractivity contribution < 1.29 is 4.79 Å². The Bertz CT molecular complexity index is 417. The minimum absolute atomic E-state index is 0.0578. The lowest BCUT2D eigenvalue weighted by molar-refractivity contribution is -0.121. The number of rotatable bonds is 1. The van der Waals surface area contributed by atoms with E-state index in [4.69, 9.17) is 0 Å². The number of benzene rings is 1. The molecular formula is C12H15BrN2O. The summed E-state index contributed by atoms with van der Waals surface area (Å²) in [6, 6.07) is 8.00. The van der Waals surface area contributed by atoms with E-state index in [0.29, 0.717) is 13.1 Å². The summed E-state index contributed by atoms with van der Waals surface area (Å²) < 4.78 is 1.03. The molecule has 1 N–H and O–H groups in total. The molecule has 1 amide bonds. The van der Waals surface area contributed by atoms with Crippen molar-refractivity contribution in [2.45, 2.75) is 19.4 Å². The minimum Gasteiger partial charge on any atom is -0.354 e. The number of piperazine rings is 1. The Kier molecular flexibility index (Phi) is 2.93. The normalized spacial score (nSPS) is 19.4. The number of hydrogen-bond acceptors (Lipinski definition) is 2. The number of amides is 1. The van der Waals surface area contributed by atoms with Crippen molar-refractivity contribution in [1.82, 2.24) is 5.32 Å². The van der Waals surface area contributed by atoms with Gasteiger partial charge in [-0.3, -0.25) is 4.79 Å². The highest BCUT2D eigenvalue weighted by Gasteiger charge is 2.33. The van der Waals surface area contributed by atoms with Gasteiger partial charge in [0.1, 0.15) is 0 Å². The average Bonchev–Trinajstić information content (AvgIpc) is 2.23. The second kappa shape index (κ2) is 4.09. The molecule has 1 aliphatic heterocycles. The summed E-state index contributed by atoms with van der Waals surface area (Å²) in [5.74, 6) is 0.0788. The average molecular weight is 283 g/mol. The van der Waals surface area contributed by atoms with Gasteiger partial charge in [-0.25, -0.2) is 0 Å². The van der Waals surface area contributed by atoms with Crippen LogP contribution in [0.25, 0.3) is 0 Å². The van der Waals surface area contributed by atoms with Gasteiger partial charge in [-0.15, -0.1) is 0 Å². The molecule has 3 nitrogen and oxygen atoms in total. The zero-order valence-corrected chi connectivity index (χ0v) is 11.0. The molecule has 0 bridgehead atoms. The van der Waals surface area contributed by atoms with Crippen molar-refractivity contribution >= 4 is 27.5 Å². The van der Waals surface area contributed by atoms with Gasteiger partial charge in [0.15, 0.2) is 0 Å². The Morgan fingerprint density at radius 1 is 1.38 bits per heavy atom. The molecule has 16 heavy (non-hydrogen) atoms. The molecule has 0 unspecified atom stereocenters. The smallest absolute Gasteiger partial charge is 0.239 e. The summed E-state index contributed by atoms with van der Waals surface area (Å²) in [6.45, 7) is 5.35. The minimum atomic E-state index is -0.0578. The second-order valence-corrected chi connectivity index (χ2v) is 5.48. The summed E-state index contributed by atoms with van der Waals surface area (Å²) >= 11 is 3.53. The van der Waals surface area contributed by atoms with Crippen LogP contribution in [0, 0.1) is 0 Å². The highest BCUT2D eigenvalue weighted by molar-refractivity contribution is 9.10. The van der Waals surface area contributed by atoms with Gasteiger partial charge in [0, 0.05) is 11.0 Å². The molecular weight excluding hydrogens is 268 g/mol. The van der Waals surface area contributed by atoms with Crippen LogP contribution in [0.5, 0.6) is 0 Å². The van der Waals surface area contributed by atoms with Gasteiger partial charge < -0.3 is 10.2 Å². The number of nitrogens with one attached hydrogen (secondary N) is 1. The zero-order chi connectivity index (χ0) is 11.8. The monoisotopic (exact) mass is 282 g/mol. The van der Waals surface area contributed by atoms with Crippen LogP contribution < -0.4 is 10.2 Å². The standard InChI is InChI=1S/C12H15BrN2O/c1-12(2)8-14-11(16)7-15(12)10-6-4-3-5-9(10)13/h3-6H,7-8H2,1-2H3,(H,14,16). The number of carbonyl (C=O) groups is 1. The van der Waals surface area contributed by atoms with E-state index in [1.54, 1.807) is 0 Å². The van der Waals surface area contributed by atoms with Crippen LogP contribution in [-0.2, 0) is 4.79 Å². The van der Waals surface area contributed by atoms with E-state index in [1.807, 2.05) is 24.3 Å². The molecule has 1 aromatic rings.